The minimum absolute atomic E-state index is 0. The van der Waals surface area contributed by atoms with E-state index in [1.165, 1.54) is 0 Å². The summed E-state index contributed by atoms with van der Waals surface area (Å²) in [7, 11) is -8.66. The summed E-state index contributed by atoms with van der Waals surface area (Å²) in [5, 5.41) is 0. The van der Waals surface area contributed by atoms with Crippen molar-refractivity contribution in [3.63, 3.8) is 0 Å². The van der Waals surface area contributed by atoms with E-state index in [-0.39, 0.29) is 82.5 Å². The maximum absolute atomic E-state index is 13.4. The smallest absolute Gasteiger partial charge is 0.265 e. The Balaban J connectivity index is 0.00000220. The molecule has 0 saturated heterocycles. The standard InChI is InChI=1S/C28H34O8S2.2Na/c1-25(2)21-9-11-27(25,15-37(31,32)33)23(29)19(21)13-17-5-7-18(8-6-17)14-20-22-10-12-28(24(20)30,26(22,3)4)16-38(34,35)36;;/h5-8,13-14,21-22H,9-12,15-16H2,1-4H3,(H,31,32,33)(H,34,35,36);;. The molecule has 1 aromatic rings. The fraction of sp³-hybridized carbons (Fsp3) is 0.571. The van der Waals surface area contributed by atoms with Crippen LogP contribution >= 0.6 is 0 Å². The number of allylic oxidation sites excluding steroid dienone is 2. The monoisotopic (exact) mass is 608 g/mol. The minimum atomic E-state index is -4.33. The topological polar surface area (TPSA) is 143 Å². The molecular weight excluding hydrogens is 574 g/mol. The SMILES string of the molecule is CC1(C)C2CCC1(CS(=O)(=O)O)C(=O)C2=Cc1ccc(C=C2C(=O)C3(CS(=O)(=O)O)CCC2C3(C)C)cc1.[Na].[Na]. The molecule has 8 nitrogen and oxygen atoms in total. The van der Waals surface area contributed by atoms with Gasteiger partial charge in [0, 0.05) is 70.3 Å². The van der Waals surface area contributed by atoms with Gasteiger partial charge in [0.25, 0.3) is 20.2 Å². The first-order chi connectivity index (χ1) is 17.3. The van der Waals surface area contributed by atoms with Gasteiger partial charge in [-0.1, -0.05) is 52.0 Å². The summed E-state index contributed by atoms with van der Waals surface area (Å²) in [6, 6.07) is 7.33. The Kier molecular flexibility index (Phi) is 9.26. The quantitative estimate of drug-likeness (QED) is 0.284. The van der Waals surface area contributed by atoms with Crippen molar-refractivity contribution in [2.75, 3.05) is 11.5 Å². The Morgan fingerprint density at radius 1 is 0.700 bits per heavy atom. The zero-order chi connectivity index (χ0) is 28.1. The van der Waals surface area contributed by atoms with Crippen molar-refractivity contribution in [2.24, 2.45) is 33.5 Å². The van der Waals surface area contributed by atoms with Crippen LogP contribution in [-0.2, 0) is 29.8 Å². The fourth-order valence-corrected chi connectivity index (χ4v) is 10.8. The molecule has 2 N–H and O–H groups in total. The van der Waals surface area contributed by atoms with Crippen LogP contribution in [0.15, 0.2) is 35.4 Å². The van der Waals surface area contributed by atoms with Crippen LogP contribution in [0.1, 0.15) is 64.5 Å². The van der Waals surface area contributed by atoms with E-state index in [9.17, 15) is 35.5 Å². The minimum Gasteiger partial charge on any atom is -0.294 e. The van der Waals surface area contributed by atoms with Gasteiger partial charge in [-0.15, -0.1) is 0 Å². The van der Waals surface area contributed by atoms with Crippen LogP contribution in [-0.4, -0.2) is 108 Å². The third kappa shape index (κ3) is 5.16. The maximum atomic E-state index is 13.4. The van der Waals surface area contributed by atoms with Gasteiger partial charge in [0.2, 0.25) is 0 Å². The van der Waals surface area contributed by atoms with Crippen LogP contribution in [0.25, 0.3) is 12.2 Å². The van der Waals surface area contributed by atoms with Gasteiger partial charge >= 0.3 is 0 Å². The van der Waals surface area contributed by atoms with Gasteiger partial charge in [-0.25, -0.2) is 0 Å². The summed E-state index contributed by atoms with van der Waals surface area (Å²) >= 11 is 0. The Morgan fingerprint density at radius 3 is 1.27 bits per heavy atom. The van der Waals surface area contributed by atoms with E-state index in [0.717, 1.165) is 11.1 Å². The second kappa shape index (κ2) is 10.8. The zero-order valence-corrected chi connectivity index (χ0v) is 29.7. The molecule has 4 atom stereocenters. The molecule has 1 aromatic carbocycles. The predicted molar refractivity (Wildman–Crippen MR) is 155 cm³/mol. The van der Waals surface area contributed by atoms with Crippen molar-refractivity contribution in [2.45, 2.75) is 53.4 Å². The van der Waals surface area contributed by atoms with Crippen LogP contribution in [0.2, 0.25) is 0 Å². The largest absolute Gasteiger partial charge is 0.294 e. The summed E-state index contributed by atoms with van der Waals surface area (Å²) in [5.41, 5.74) is -0.762. The molecule has 0 spiro atoms. The normalized spacial score (nSPS) is 33.9. The number of hydrogen-bond acceptors (Lipinski definition) is 6. The maximum Gasteiger partial charge on any atom is 0.265 e. The van der Waals surface area contributed by atoms with Gasteiger partial charge in [0.15, 0.2) is 11.6 Å². The molecule has 208 valence electrons. The van der Waals surface area contributed by atoms with Crippen LogP contribution in [0, 0.1) is 33.5 Å². The molecule has 40 heavy (non-hydrogen) atoms. The average molecular weight is 609 g/mol. The van der Waals surface area contributed by atoms with Crippen molar-refractivity contribution < 1.29 is 35.5 Å². The zero-order valence-electron chi connectivity index (χ0n) is 24.0. The first-order valence-corrected chi connectivity index (χ1v) is 16.1. The second-order valence-electron chi connectivity index (χ2n) is 12.8. The van der Waals surface area contributed by atoms with Crippen LogP contribution in [0.3, 0.4) is 0 Å². The van der Waals surface area contributed by atoms with Crippen LogP contribution < -0.4 is 0 Å². The number of carbonyl (C=O) groups excluding carboxylic acids is 2. The Morgan fingerprint density at radius 2 is 1.00 bits per heavy atom. The number of Topliss-reactive ketones (excluding diaryl/α,β-unsaturated/α-hetero) is 2. The summed E-state index contributed by atoms with van der Waals surface area (Å²) in [6.45, 7) is 7.58. The van der Waals surface area contributed by atoms with E-state index in [1.54, 1.807) is 12.2 Å². The van der Waals surface area contributed by atoms with Crippen molar-refractivity contribution in [1.29, 1.82) is 0 Å². The Bertz CT molecular complexity index is 1410. The molecule has 5 rings (SSSR count). The van der Waals surface area contributed by atoms with Gasteiger partial charge in [-0.05, 0) is 71.6 Å². The van der Waals surface area contributed by atoms with Crippen molar-refractivity contribution in [1.82, 2.24) is 0 Å². The summed E-state index contributed by atoms with van der Waals surface area (Å²) in [4.78, 5) is 26.9. The molecule has 0 aliphatic heterocycles. The van der Waals surface area contributed by atoms with Crippen LogP contribution in [0.4, 0.5) is 0 Å². The molecule has 0 heterocycles. The van der Waals surface area contributed by atoms with Crippen molar-refractivity contribution in [3.8, 4) is 0 Å². The van der Waals surface area contributed by atoms with Gasteiger partial charge in [0.05, 0.1) is 22.3 Å². The summed E-state index contributed by atoms with van der Waals surface area (Å²) < 4.78 is 66.1. The van der Waals surface area contributed by atoms with E-state index >= 15 is 0 Å². The molecular formula is C28H34Na2O8S2. The third-order valence-electron chi connectivity index (χ3n) is 10.5. The third-order valence-corrected chi connectivity index (χ3v) is 12.2. The van der Waals surface area contributed by atoms with Gasteiger partial charge in [0.1, 0.15) is 0 Å². The number of ketones is 2. The van der Waals surface area contributed by atoms with Gasteiger partial charge in [-0.2, -0.15) is 16.8 Å². The molecule has 4 aliphatic carbocycles. The molecule has 4 saturated carbocycles. The summed E-state index contributed by atoms with van der Waals surface area (Å²) in [6.07, 6.45) is 5.80. The molecule has 4 fully saturated rings. The molecule has 4 bridgehead atoms. The Labute approximate surface area is 280 Å². The van der Waals surface area contributed by atoms with E-state index in [1.807, 2.05) is 52.0 Å². The average Bonchev–Trinajstić information content (AvgIpc) is 3.27. The first-order valence-electron chi connectivity index (χ1n) is 12.9. The van der Waals surface area contributed by atoms with E-state index < -0.39 is 53.4 Å². The molecule has 0 amide bonds. The van der Waals surface area contributed by atoms with Gasteiger partial charge in [-0.3, -0.25) is 18.7 Å². The molecule has 12 heteroatoms. The second-order valence-corrected chi connectivity index (χ2v) is 15.7. The first kappa shape index (κ1) is 34.4. The van der Waals surface area contributed by atoms with E-state index in [0.29, 0.717) is 36.8 Å². The molecule has 4 aliphatic rings. The molecule has 2 radical (unpaired) electrons. The van der Waals surface area contributed by atoms with Crippen molar-refractivity contribution in [3.05, 3.63) is 46.5 Å². The van der Waals surface area contributed by atoms with E-state index in [2.05, 4.69) is 0 Å². The number of rotatable bonds is 6. The predicted octanol–water partition coefficient (Wildman–Crippen LogP) is 3.48. The molecule has 0 aromatic heterocycles. The number of hydrogen-bond donors (Lipinski definition) is 2. The van der Waals surface area contributed by atoms with Crippen LogP contribution in [0.5, 0.6) is 0 Å². The van der Waals surface area contributed by atoms with Gasteiger partial charge < -0.3 is 0 Å². The van der Waals surface area contributed by atoms with E-state index in [4.69, 9.17) is 0 Å². The summed E-state index contributed by atoms with van der Waals surface area (Å²) in [5.74, 6) is -1.80. The fourth-order valence-electron chi connectivity index (χ4n) is 8.23. The number of benzene rings is 1. The number of carbonyl (C=O) groups is 2. The van der Waals surface area contributed by atoms with Crippen molar-refractivity contribution >= 4 is 103 Å². The Hall–Kier alpha value is -0.140. The number of fused-ring (bicyclic) bond motifs is 4. The molecule has 4 unspecified atom stereocenters.